The number of carbonyl (C=O) groups is 1. The molecule has 5 heteroatoms. The highest BCUT2D eigenvalue weighted by Crippen LogP contribution is 2.66. The molecule has 33 heavy (non-hydrogen) atoms. The van der Waals surface area contributed by atoms with Gasteiger partial charge < -0.3 is 20.1 Å². The molecule has 0 aromatic rings. The molecular formula is C28H48O5. The van der Waals surface area contributed by atoms with Crippen LogP contribution in [-0.4, -0.2) is 46.2 Å². The van der Waals surface area contributed by atoms with Gasteiger partial charge >= 0.3 is 5.97 Å². The number of esters is 1. The molecule has 3 aliphatic carbocycles. The Morgan fingerprint density at radius 3 is 2.21 bits per heavy atom. The molecule has 1 heterocycles. The van der Waals surface area contributed by atoms with Gasteiger partial charge in [-0.1, -0.05) is 41.5 Å². The van der Waals surface area contributed by atoms with Crippen molar-refractivity contribution in [1.82, 2.24) is 0 Å². The van der Waals surface area contributed by atoms with Crippen molar-refractivity contribution < 1.29 is 24.9 Å². The Morgan fingerprint density at radius 1 is 0.909 bits per heavy atom. The van der Waals surface area contributed by atoms with Crippen LogP contribution in [0.4, 0.5) is 0 Å². The average Bonchev–Trinajstić information content (AvgIpc) is 3.08. The molecule has 0 aromatic heterocycles. The van der Waals surface area contributed by atoms with E-state index in [1.54, 1.807) is 0 Å². The molecule has 0 amide bonds. The molecule has 3 N–H and O–H groups in total. The summed E-state index contributed by atoms with van der Waals surface area (Å²) < 4.78 is 5.91. The summed E-state index contributed by atoms with van der Waals surface area (Å²) in [5, 5.41) is 32.3. The number of hydrogen-bond donors (Lipinski definition) is 3. The predicted molar refractivity (Wildman–Crippen MR) is 128 cm³/mol. The second-order valence-electron chi connectivity index (χ2n) is 13.2. The number of rotatable bonds is 5. The molecule has 12 atom stereocenters. The van der Waals surface area contributed by atoms with Gasteiger partial charge in [-0.05, 0) is 97.2 Å². The Balaban J connectivity index is 1.56. The van der Waals surface area contributed by atoms with Gasteiger partial charge in [0.1, 0.15) is 0 Å². The molecular weight excluding hydrogens is 416 g/mol. The van der Waals surface area contributed by atoms with E-state index in [9.17, 15) is 20.1 Å². The van der Waals surface area contributed by atoms with E-state index in [0.29, 0.717) is 42.6 Å². The Labute approximate surface area is 200 Å². The number of fused-ring (bicyclic) bond motifs is 5. The molecule has 0 aromatic carbocycles. The molecule has 3 saturated carbocycles. The summed E-state index contributed by atoms with van der Waals surface area (Å²) in [5.41, 5.74) is 0.00402. The van der Waals surface area contributed by atoms with Crippen LogP contribution >= 0.6 is 0 Å². The van der Waals surface area contributed by atoms with E-state index in [1.165, 1.54) is 0 Å². The van der Waals surface area contributed by atoms with Crippen LogP contribution < -0.4 is 0 Å². The van der Waals surface area contributed by atoms with E-state index in [-0.39, 0.29) is 40.7 Å². The second-order valence-corrected chi connectivity index (χ2v) is 13.2. The molecule has 0 bridgehead atoms. The third-order valence-electron chi connectivity index (χ3n) is 11.5. The van der Waals surface area contributed by atoms with Crippen molar-refractivity contribution >= 4 is 5.97 Å². The van der Waals surface area contributed by atoms with Crippen LogP contribution in [0.1, 0.15) is 86.5 Å². The second kappa shape index (κ2) is 9.09. The van der Waals surface area contributed by atoms with Crippen LogP contribution in [0.25, 0.3) is 0 Å². The predicted octanol–water partition coefficient (Wildman–Crippen LogP) is 4.42. The van der Waals surface area contributed by atoms with Crippen molar-refractivity contribution in [2.45, 2.75) is 105 Å². The lowest BCUT2D eigenvalue weighted by atomic mass is 9.48. The van der Waals surface area contributed by atoms with Crippen molar-refractivity contribution in [3.63, 3.8) is 0 Å². The normalized spacial score (nSPS) is 46.9. The van der Waals surface area contributed by atoms with Gasteiger partial charge in [0.05, 0.1) is 30.8 Å². The van der Waals surface area contributed by atoms with Crippen LogP contribution in [0.15, 0.2) is 0 Å². The molecule has 0 spiro atoms. The zero-order valence-electron chi connectivity index (χ0n) is 21.7. The molecule has 1 saturated heterocycles. The number of ether oxygens (including phenoxy) is 1. The van der Waals surface area contributed by atoms with Gasteiger partial charge in [-0.3, -0.25) is 4.79 Å². The van der Waals surface area contributed by atoms with Crippen LogP contribution in [0.5, 0.6) is 0 Å². The van der Waals surface area contributed by atoms with Gasteiger partial charge in [-0.25, -0.2) is 0 Å². The number of carbonyl (C=O) groups excluding carboxylic acids is 1. The van der Waals surface area contributed by atoms with E-state index < -0.39 is 12.2 Å². The molecule has 0 radical (unpaired) electrons. The first-order valence-corrected chi connectivity index (χ1v) is 13.6. The highest BCUT2D eigenvalue weighted by Gasteiger charge is 2.62. The molecule has 4 aliphatic rings. The zero-order valence-corrected chi connectivity index (χ0v) is 21.7. The number of aliphatic hydroxyl groups excluding tert-OH is 3. The fraction of sp³-hybridized carbons (Fsp3) is 0.964. The lowest BCUT2D eigenvalue weighted by molar-refractivity contribution is -0.155. The van der Waals surface area contributed by atoms with Crippen molar-refractivity contribution in [2.75, 3.05) is 6.61 Å². The first kappa shape index (κ1) is 25.4. The minimum Gasteiger partial charge on any atom is -0.465 e. The number of cyclic esters (lactones) is 1. The Bertz CT molecular complexity index is 723. The van der Waals surface area contributed by atoms with Crippen molar-refractivity contribution in [1.29, 1.82) is 0 Å². The lowest BCUT2D eigenvalue weighted by Crippen LogP contribution is -2.52. The van der Waals surface area contributed by atoms with Gasteiger partial charge in [0.15, 0.2) is 0 Å². The standard InChI is InChI=1S/C28H48O5/c1-15(2)16(3)24(30)25(31)17(4)20-7-8-21-19-14-33-26(32)23-13-18(29)9-11-28(23,6)22(19)10-12-27(20,21)5/h15-25,29-31H,7-14H2,1-6H3. The maximum Gasteiger partial charge on any atom is 0.309 e. The molecule has 12 unspecified atom stereocenters. The molecule has 5 nitrogen and oxygen atoms in total. The van der Waals surface area contributed by atoms with Crippen LogP contribution in [-0.2, 0) is 9.53 Å². The van der Waals surface area contributed by atoms with E-state index in [2.05, 4.69) is 34.6 Å². The van der Waals surface area contributed by atoms with E-state index in [1.807, 2.05) is 6.92 Å². The summed E-state index contributed by atoms with van der Waals surface area (Å²) in [6, 6.07) is 0. The molecule has 190 valence electrons. The van der Waals surface area contributed by atoms with Crippen LogP contribution in [0.2, 0.25) is 0 Å². The first-order chi connectivity index (χ1) is 15.4. The highest BCUT2D eigenvalue weighted by atomic mass is 16.5. The number of hydrogen-bond acceptors (Lipinski definition) is 5. The quantitative estimate of drug-likeness (QED) is 0.524. The van der Waals surface area contributed by atoms with Crippen LogP contribution in [0, 0.1) is 58.2 Å². The van der Waals surface area contributed by atoms with E-state index in [4.69, 9.17) is 4.74 Å². The maximum atomic E-state index is 13.0. The third-order valence-corrected chi connectivity index (χ3v) is 11.5. The molecule has 1 aliphatic heterocycles. The Morgan fingerprint density at radius 2 is 1.55 bits per heavy atom. The average molecular weight is 465 g/mol. The third kappa shape index (κ3) is 4.08. The molecule has 4 rings (SSSR count). The molecule has 4 fully saturated rings. The van der Waals surface area contributed by atoms with Crippen molar-refractivity contribution in [2.24, 2.45) is 58.2 Å². The van der Waals surface area contributed by atoms with Crippen molar-refractivity contribution in [3.05, 3.63) is 0 Å². The maximum absolute atomic E-state index is 13.0. The summed E-state index contributed by atoms with van der Waals surface area (Å²) >= 11 is 0. The van der Waals surface area contributed by atoms with Gasteiger partial charge in [-0.15, -0.1) is 0 Å². The summed E-state index contributed by atoms with van der Waals surface area (Å²) in [4.78, 5) is 13.0. The monoisotopic (exact) mass is 464 g/mol. The summed E-state index contributed by atoms with van der Waals surface area (Å²) in [6.45, 7) is 13.6. The van der Waals surface area contributed by atoms with Gasteiger partial charge in [0, 0.05) is 0 Å². The van der Waals surface area contributed by atoms with Crippen molar-refractivity contribution in [3.8, 4) is 0 Å². The summed E-state index contributed by atoms with van der Waals surface area (Å²) in [7, 11) is 0. The highest BCUT2D eigenvalue weighted by molar-refractivity contribution is 5.74. The smallest absolute Gasteiger partial charge is 0.309 e. The SMILES string of the molecule is CC(C)C(C)C(O)C(O)C(C)C1CCC2C3COC(=O)C4CC(O)CCC4(C)C3CCC12C. The fourth-order valence-electron chi connectivity index (χ4n) is 8.90. The van der Waals surface area contributed by atoms with Gasteiger partial charge in [-0.2, -0.15) is 0 Å². The fourth-order valence-corrected chi connectivity index (χ4v) is 8.90. The Kier molecular flexibility index (Phi) is 7.01. The van der Waals surface area contributed by atoms with Crippen LogP contribution in [0.3, 0.4) is 0 Å². The largest absolute Gasteiger partial charge is 0.465 e. The summed E-state index contributed by atoms with van der Waals surface area (Å²) in [5.74, 6) is 1.78. The topological polar surface area (TPSA) is 87.0 Å². The lowest BCUT2D eigenvalue weighted by Gasteiger charge is -2.55. The van der Waals surface area contributed by atoms with E-state index in [0.717, 1.165) is 38.5 Å². The van der Waals surface area contributed by atoms with E-state index >= 15 is 0 Å². The Hall–Kier alpha value is -0.650. The minimum absolute atomic E-state index is 0.0363. The summed E-state index contributed by atoms with van der Waals surface area (Å²) in [6.07, 6.45) is 4.78. The number of aliphatic hydroxyl groups is 3. The van der Waals surface area contributed by atoms with Gasteiger partial charge in [0.2, 0.25) is 0 Å². The minimum atomic E-state index is -0.714. The zero-order chi connectivity index (χ0) is 24.3. The van der Waals surface area contributed by atoms with Gasteiger partial charge in [0.25, 0.3) is 0 Å². The first-order valence-electron chi connectivity index (χ1n) is 13.6.